The van der Waals surface area contributed by atoms with Crippen molar-refractivity contribution in [1.82, 2.24) is 0 Å². The molecule has 0 amide bonds. The quantitative estimate of drug-likeness (QED) is 0.280. The van der Waals surface area contributed by atoms with E-state index in [1.807, 2.05) is 91.0 Å². The summed E-state index contributed by atoms with van der Waals surface area (Å²) in [6.45, 7) is 1.73. The van der Waals surface area contributed by atoms with Crippen molar-refractivity contribution in [2.24, 2.45) is 0 Å². The minimum atomic E-state index is -4.46. The number of hydrogen-bond donors (Lipinski definition) is 1. The van der Waals surface area contributed by atoms with Crippen LogP contribution in [0.2, 0.25) is 0 Å². The highest BCUT2D eigenvalue weighted by Crippen LogP contribution is 2.56. The third-order valence-electron chi connectivity index (χ3n) is 5.83. The molecule has 1 heterocycles. The van der Waals surface area contributed by atoms with E-state index in [0.29, 0.717) is 0 Å². The Hall–Kier alpha value is -2.84. The Morgan fingerprint density at radius 3 is 1.73 bits per heavy atom. The second-order valence-corrected chi connectivity index (χ2v) is 10.6. The minimum absolute atomic E-state index is 0.0309. The van der Waals surface area contributed by atoms with Gasteiger partial charge in [0.2, 0.25) is 5.85 Å². The summed E-state index contributed by atoms with van der Waals surface area (Å²) in [6.07, 6.45) is -2.89. The lowest BCUT2D eigenvalue weighted by molar-refractivity contribution is -0.192. The fourth-order valence-electron chi connectivity index (χ4n) is 4.08. The van der Waals surface area contributed by atoms with Gasteiger partial charge in [-0.3, -0.25) is 13.9 Å². The molecule has 0 aliphatic carbocycles. The van der Waals surface area contributed by atoms with E-state index in [1.165, 1.54) is 6.92 Å². The Bertz CT molecular complexity index is 1160. The number of benzene rings is 3. The highest BCUT2D eigenvalue weighted by atomic mass is 31.2. The molecule has 196 valence electrons. The van der Waals surface area contributed by atoms with E-state index < -0.39 is 37.7 Å². The van der Waals surface area contributed by atoms with Crippen LogP contribution in [0.5, 0.6) is 0 Å². The minimum Gasteiger partial charge on any atom is -0.447 e. The van der Waals surface area contributed by atoms with Gasteiger partial charge in [-0.05, 0) is 16.7 Å². The molecule has 37 heavy (non-hydrogen) atoms. The first kappa shape index (κ1) is 27.2. The molecule has 1 fully saturated rings. The van der Waals surface area contributed by atoms with Crippen LogP contribution in [0.4, 0.5) is 0 Å². The maximum atomic E-state index is 13.3. The van der Waals surface area contributed by atoms with Crippen LogP contribution in [0.25, 0.3) is 0 Å². The molecule has 0 saturated carbocycles. The molecule has 0 bridgehead atoms. The Balaban J connectivity index is 1.58. The van der Waals surface area contributed by atoms with Gasteiger partial charge >= 0.3 is 13.6 Å². The van der Waals surface area contributed by atoms with E-state index in [0.717, 1.165) is 16.7 Å². The molecule has 9 heteroatoms. The normalized spacial score (nSPS) is 25.5. The Morgan fingerprint density at radius 1 is 0.784 bits per heavy atom. The summed E-state index contributed by atoms with van der Waals surface area (Å²) >= 11 is 0. The van der Waals surface area contributed by atoms with Crippen molar-refractivity contribution in [1.29, 1.82) is 0 Å². The van der Waals surface area contributed by atoms with Crippen LogP contribution in [-0.4, -0.2) is 41.6 Å². The fourth-order valence-corrected chi connectivity index (χ4v) is 5.68. The van der Waals surface area contributed by atoms with Crippen molar-refractivity contribution in [2.45, 2.75) is 50.9 Å². The maximum absolute atomic E-state index is 13.3. The molecular formula is C28H31O8P. The van der Waals surface area contributed by atoms with E-state index in [4.69, 9.17) is 23.5 Å². The lowest BCUT2D eigenvalue weighted by Gasteiger charge is -2.43. The zero-order valence-corrected chi connectivity index (χ0v) is 21.4. The molecule has 0 radical (unpaired) electrons. The lowest BCUT2D eigenvalue weighted by atomic mass is 10.1. The van der Waals surface area contributed by atoms with E-state index in [-0.39, 0.29) is 26.4 Å². The topological polar surface area (TPSA) is 101 Å². The molecule has 5 atom stereocenters. The number of carbonyl (C=O) groups excluding carboxylic acids is 1. The molecule has 0 aromatic heterocycles. The molecule has 1 aliphatic rings. The van der Waals surface area contributed by atoms with Crippen molar-refractivity contribution in [3.05, 3.63) is 108 Å². The van der Waals surface area contributed by atoms with Gasteiger partial charge in [-0.2, -0.15) is 0 Å². The van der Waals surface area contributed by atoms with E-state index >= 15 is 0 Å². The van der Waals surface area contributed by atoms with E-state index in [2.05, 4.69) is 0 Å². The standard InChI is InChI=1S/C28H31O8P/c1-21(29)35-28-27(34-19-24-15-9-4-10-16-24)26(33-18-23-13-7-3-8-14-23)25(36-37(28,30)31)20-32-17-22-11-5-2-6-12-22/h2-16,25-28H,17-20H2,1H3,(H,30,31)/t25-,26-,27+,28+/m1/s1. The SMILES string of the molecule is CC(=O)O[C@@H]1[C@@H](OCc2ccccc2)[C@H](OCc2ccccc2)[C@@H](COCc2ccccc2)OP1(=O)O. The summed E-state index contributed by atoms with van der Waals surface area (Å²) in [5, 5.41) is 0. The molecule has 1 unspecified atom stereocenters. The molecule has 1 saturated heterocycles. The lowest BCUT2D eigenvalue weighted by Crippen LogP contribution is -2.55. The highest BCUT2D eigenvalue weighted by molar-refractivity contribution is 7.53. The van der Waals surface area contributed by atoms with Crippen LogP contribution in [0.3, 0.4) is 0 Å². The second-order valence-electron chi connectivity index (χ2n) is 8.73. The van der Waals surface area contributed by atoms with Crippen molar-refractivity contribution < 1.29 is 37.7 Å². The van der Waals surface area contributed by atoms with Crippen LogP contribution in [-0.2, 0) is 52.7 Å². The monoisotopic (exact) mass is 526 g/mol. The summed E-state index contributed by atoms with van der Waals surface area (Å²) in [5.41, 5.74) is 2.69. The van der Waals surface area contributed by atoms with Gasteiger partial charge in [0.15, 0.2) is 0 Å². The molecule has 3 aromatic rings. The molecular weight excluding hydrogens is 495 g/mol. The van der Waals surface area contributed by atoms with Gasteiger partial charge in [-0.1, -0.05) is 91.0 Å². The van der Waals surface area contributed by atoms with Crippen LogP contribution < -0.4 is 0 Å². The maximum Gasteiger partial charge on any atom is 0.371 e. The molecule has 1 aliphatic heterocycles. The summed E-state index contributed by atoms with van der Waals surface area (Å²) in [7, 11) is -4.46. The first-order valence-corrected chi connectivity index (χ1v) is 13.7. The predicted octanol–water partition coefficient (Wildman–Crippen LogP) is 4.85. The number of esters is 1. The first-order chi connectivity index (χ1) is 17.9. The molecule has 8 nitrogen and oxygen atoms in total. The van der Waals surface area contributed by atoms with Crippen LogP contribution in [0, 0.1) is 0 Å². The van der Waals surface area contributed by atoms with Crippen LogP contribution in [0.15, 0.2) is 91.0 Å². The third kappa shape index (κ3) is 7.82. The number of rotatable bonds is 11. The van der Waals surface area contributed by atoms with Crippen molar-refractivity contribution in [2.75, 3.05) is 6.61 Å². The first-order valence-electron chi connectivity index (χ1n) is 12.0. The van der Waals surface area contributed by atoms with Gasteiger partial charge in [-0.15, -0.1) is 0 Å². The van der Waals surface area contributed by atoms with E-state index in [9.17, 15) is 14.3 Å². The average molecular weight is 527 g/mol. The van der Waals surface area contributed by atoms with Gasteiger partial charge in [0.1, 0.15) is 18.3 Å². The predicted molar refractivity (Wildman–Crippen MR) is 136 cm³/mol. The van der Waals surface area contributed by atoms with Gasteiger partial charge in [0.05, 0.1) is 26.4 Å². The van der Waals surface area contributed by atoms with Crippen LogP contribution >= 0.6 is 7.60 Å². The molecule has 0 spiro atoms. The summed E-state index contributed by atoms with van der Waals surface area (Å²) in [5.74, 6) is -2.28. The Labute approximate surface area is 216 Å². The average Bonchev–Trinajstić information content (AvgIpc) is 2.90. The number of ether oxygens (including phenoxy) is 4. The zero-order valence-electron chi connectivity index (χ0n) is 20.6. The zero-order chi connectivity index (χ0) is 26.1. The number of hydrogen-bond acceptors (Lipinski definition) is 7. The fraction of sp³-hybridized carbons (Fsp3) is 0.321. The van der Waals surface area contributed by atoms with Gasteiger partial charge in [0.25, 0.3) is 0 Å². The van der Waals surface area contributed by atoms with Crippen molar-refractivity contribution in [3.8, 4) is 0 Å². The summed E-state index contributed by atoms with van der Waals surface area (Å²) < 4.78 is 42.4. The molecule has 1 N–H and O–H groups in total. The van der Waals surface area contributed by atoms with Crippen LogP contribution in [0.1, 0.15) is 23.6 Å². The Kier molecular flexibility index (Phi) is 9.63. The summed E-state index contributed by atoms with van der Waals surface area (Å²) in [6, 6.07) is 28.4. The van der Waals surface area contributed by atoms with Crippen molar-refractivity contribution >= 4 is 13.6 Å². The van der Waals surface area contributed by atoms with Gasteiger partial charge in [-0.25, -0.2) is 0 Å². The third-order valence-corrected chi connectivity index (χ3v) is 7.45. The second kappa shape index (κ2) is 13.1. The summed E-state index contributed by atoms with van der Waals surface area (Å²) in [4.78, 5) is 22.7. The van der Waals surface area contributed by atoms with Crippen molar-refractivity contribution in [3.63, 3.8) is 0 Å². The van der Waals surface area contributed by atoms with E-state index in [1.54, 1.807) is 0 Å². The van der Waals surface area contributed by atoms with Gasteiger partial charge < -0.3 is 23.8 Å². The highest BCUT2D eigenvalue weighted by Gasteiger charge is 2.55. The molecule has 4 rings (SSSR count). The largest absolute Gasteiger partial charge is 0.447 e. The van der Waals surface area contributed by atoms with Gasteiger partial charge in [0, 0.05) is 6.92 Å². The smallest absolute Gasteiger partial charge is 0.371 e. The Morgan fingerprint density at radius 2 is 1.24 bits per heavy atom. The number of carbonyl (C=O) groups is 1. The molecule has 3 aromatic carbocycles.